The summed E-state index contributed by atoms with van der Waals surface area (Å²) in [5.74, 6) is 0.0622. The smallest absolute Gasteiger partial charge is 0.270 e. The number of nitrogens with zero attached hydrogens (tertiary/aromatic N) is 1. The number of aromatic nitrogens is 1. The fraction of sp³-hybridized carbons (Fsp3) is 0.353. The first-order valence-corrected chi connectivity index (χ1v) is 8.30. The maximum atomic E-state index is 12.3. The highest BCUT2D eigenvalue weighted by Gasteiger charge is 2.24. The predicted molar refractivity (Wildman–Crippen MR) is 88.6 cm³/mol. The van der Waals surface area contributed by atoms with Crippen LogP contribution in [0.2, 0.25) is 0 Å². The molecule has 0 atom stereocenters. The van der Waals surface area contributed by atoms with E-state index in [0.717, 1.165) is 30.4 Å². The van der Waals surface area contributed by atoms with Crippen LogP contribution in [0.4, 0.5) is 0 Å². The number of aromatic amines is 1. The molecule has 1 aliphatic heterocycles. The lowest BCUT2D eigenvalue weighted by atomic mass is 10.1. The number of H-pyrrole nitrogens is 1. The normalized spacial score (nSPS) is 16.0. The van der Waals surface area contributed by atoms with Gasteiger partial charge in [0.05, 0.1) is 12.7 Å². The number of carbonyl (C=O) groups is 1. The first-order valence-electron chi connectivity index (χ1n) is 7.51. The molecule has 1 fully saturated rings. The van der Waals surface area contributed by atoms with Gasteiger partial charge >= 0.3 is 0 Å². The standard InChI is InChI=1S/C17H19BrN2O2/c18-14-10-16(19-11-14)17(21)20-8-6-15(7-9-20)22-12-13-4-2-1-3-5-13/h1-5,10-11,15,19H,6-9,12H2. The molecule has 0 unspecified atom stereocenters. The number of hydrogen-bond donors (Lipinski definition) is 1. The van der Waals surface area contributed by atoms with Gasteiger partial charge in [0.15, 0.2) is 0 Å². The minimum atomic E-state index is 0.0622. The average Bonchev–Trinajstić information content (AvgIpc) is 3.00. The molecule has 116 valence electrons. The van der Waals surface area contributed by atoms with Crippen LogP contribution in [0.25, 0.3) is 0 Å². The van der Waals surface area contributed by atoms with Gasteiger partial charge in [-0.05, 0) is 40.4 Å². The zero-order chi connectivity index (χ0) is 15.4. The topological polar surface area (TPSA) is 45.3 Å². The van der Waals surface area contributed by atoms with E-state index in [1.54, 1.807) is 6.20 Å². The van der Waals surface area contributed by atoms with E-state index in [0.29, 0.717) is 12.3 Å². The molecule has 5 heteroatoms. The Morgan fingerprint density at radius 1 is 1.27 bits per heavy atom. The number of amides is 1. The summed E-state index contributed by atoms with van der Waals surface area (Å²) in [5.41, 5.74) is 1.83. The summed E-state index contributed by atoms with van der Waals surface area (Å²) in [6.45, 7) is 2.13. The summed E-state index contributed by atoms with van der Waals surface area (Å²) in [5, 5.41) is 0. The molecule has 0 spiro atoms. The third-order valence-corrected chi connectivity index (χ3v) is 4.39. The number of piperidine rings is 1. The van der Waals surface area contributed by atoms with Gasteiger partial charge in [0, 0.05) is 23.8 Å². The highest BCUT2D eigenvalue weighted by atomic mass is 79.9. The third kappa shape index (κ3) is 3.78. The van der Waals surface area contributed by atoms with Crippen molar-refractivity contribution in [3.8, 4) is 0 Å². The predicted octanol–water partition coefficient (Wildman–Crippen LogP) is 3.60. The number of halogens is 1. The zero-order valence-corrected chi connectivity index (χ0v) is 13.9. The van der Waals surface area contributed by atoms with Gasteiger partial charge in [-0.2, -0.15) is 0 Å². The zero-order valence-electron chi connectivity index (χ0n) is 12.3. The quantitative estimate of drug-likeness (QED) is 0.902. The summed E-state index contributed by atoms with van der Waals surface area (Å²) >= 11 is 3.35. The van der Waals surface area contributed by atoms with E-state index in [2.05, 4.69) is 33.0 Å². The van der Waals surface area contributed by atoms with E-state index in [4.69, 9.17) is 4.74 Å². The van der Waals surface area contributed by atoms with Gasteiger partial charge in [-0.15, -0.1) is 0 Å². The van der Waals surface area contributed by atoms with Gasteiger partial charge < -0.3 is 14.6 Å². The SMILES string of the molecule is O=C(c1cc(Br)c[nH]1)N1CCC(OCc2ccccc2)CC1. The minimum absolute atomic E-state index is 0.0622. The lowest BCUT2D eigenvalue weighted by molar-refractivity contribution is -0.000493. The maximum absolute atomic E-state index is 12.3. The van der Waals surface area contributed by atoms with E-state index >= 15 is 0 Å². The molecule has 1 aromatic carbocycles. The van der Waals surface area contributed by atoms with Crippen molar-refractivity contribution in [2.45, 2.75) is 25.6 Å². The van der Waals surface area contributed by atoms with Gasteiger partial charge in [-0.1, -0.05) is 30.3 Å². The Kier molecular flexibility index (Phi) is 4.95. The van der Waals surface area contributed by atoms with Crippen LogP contribution in [0.15, 0.2) is 47.1 Å². The Labute approximate surface area is 138 Å². The van der Waals surface area contributed by atoms with Crippen LogP contribution >= 0.6 is 15.9 Å². The first-order chi connectivity index (χ1) is 10.7. The molecule has 3 rings (SSSR count). The lowest BCUT2D eigenvalue weighted by Crippen LogP contribution is -2.41. The van der Waals surface area contributed by atoms with Crippen LogP contribution in [0.1, 0.15) is 28.9 Å². The Morgan fingerprint density at radius 2 is 2.00 bits per heavy atom. The highest BCUT2D eigenvalue weighted by molar-refractivity contribution is 9.10. The molecule has 2 heterocycles. The average molecular weight is 363 g/mol. The van der Waals surface area contributed by atoms with Crippen LogP contribution in [-0.2, 0) is 11.3 Å². The summed E-state index contributed by atoms with van der Waals surface area (Å²) in [6, 6.07) is 12.0. The fourth-order valence-electron chi connectivity index (χ4n) is 2.68. The highest BCUT2D eigenvalue weighted by Crippen LogP contribution is 2.19. The van der Waals surface area contributed by atoms with E-state index < -0.39 is 0 Å². The number of rotatable bonds is 4. The van der Waals surface area contributed by atoms with E-state index in [1.165, 1.54) is 5.56 Å². The number of likely N-dealkylation sites (tertiary alicyclic amines) is 1. The molecule has 0 saturated carbocycles. The van der Waals surface area contributed by atoms with Gasteiger partial charge in [-0.25, -0.2) is 0 Å². The Hall–Kier alpha value is -1.59. The number of ether oxygens (including phenoxy) is 1. The van der Waals surface area contributed by atoms with Crippen LogP contribution in [0.5, 0.6) is 0 Å². The molecule has 1 aromatic heterocycles. The molecular weight excluding hydrogens is 344 g/mol. The second kappa shape index (κ2) is 7.11. The summed E-state index contributed by atoms with van der Waals surface area (Å²) in [6.07, 6.45) is 3.80. The molecular formula is C17H19BrN2O2. The van der Waals surface area contributed by atoms with E-state index in [-0.39, 0.29) is 12.0 Å². The molecule has 1 N–H and O–H groups in total. The van der Waals surface area contributed by atoms with E-state index in [1.807, 2.05) is 29.2 Å². The van der Waals surface area contributed by atoms with Crippen molar-refractivity contribution in [2.75, 3.05) is 13.1 Å². The maximum Gasteiger partial charge on any atom is 0.270 e. The number of benzene rings is 1. The third-order valence-electron chi connectivity index (χ3n) is 3.94. The Morgan fingerprint density at radius 3 is 2.64 bits per heavy atom. The van der Waals surface area contributed by atoms with Crippen molar-refractivity contribution in [2.24, 2.45) is 0 Å². The molecule has 0 radical (unpaired) electrons. The summed E-state index contributed by atoms with van der Waals surface area (Å²) in [7, 11) is 0. The van der Waals surface area contributed by atoms with E-state index in [9.17, 15) is 4.79 Å². The summed E-state index contributed by atoms with van der Waals surface area (Å²) < 4.78 is 6.85. The number of hydrogen-bond acceptors (Lipinski definition) is 2. The Balaban J connectivity index is 1.47. The van der Waals surface area contributed by atoms with Crippen LogP contribution < -0.4 is 0 Å². The largest absolute Gasteiger partial charge is 0.373 e. The summed E-state index contributed by atoms with van der Waals surface area (Å²) in [4.78, 5) is 17.2. The van der Waals surface area contributed by atoms with Crippen LogP contribution in [-0.4, -0.2) is 35.0 Å². The van der Waals surface area contributed by atoms with Crippen molar-refractivity contribution in [3.05, 3.63) is 58.3 Å². The molecule has 0 aliphatic carbocycles. The molecule has 0 bridgehead atoms. The monoisotopic (exact) mass is 362 g/mol. The van der Waals surface area contributed by atoms with Crippen molar-refractivity contribution in [3.63, 3.8) is 0 Å². The van der Waals surface area contributed by atoms with Crippen molar-refractivity contribution in [1.82, 2.24) is 9.88 Å². The minimum Gasteiger partial charge on any atom is -0.373 e. The van der Waals surface area contributed by atoms with Crippen molar-refractivity contribution >= 4 is 21.8 Å². The van der Waals surface area contributed by atoms with Crippen molar-refractivity contribution in [1.29, 1.82) is 0 Å². The van der Waals surface area contributed by atoms with Crippen LogP contribution in [0, 0.1) is 0 Å². The van der Waals surface area contributed by atoms with Crippen LogP contribution in [0.3, 0.4) is 0 Å². The fourth-order valence-corrected chi connectivity index (χ4v) is 3.02. The van der Waals surface area contributed by atoms with Gasteiger partial charge in [0.25, 0.3) is 5.91 Å². The first kappa shape index (κ1) is 15.3. The lowest BCUT2D eigenvalue weighted by Gasteiger charge is -2.31. The van der Waals surface area contributed by atoms with Crippen molar-refractivity contribution < 1.29 is 9.53 Å². The molecule has 4 nitrogen and oxygen atoms in total. The molecule has 22 heavy (non-hydrogen) atoms. The molecule has 1 aliphatic rings. The Bertz CT molecular complexity index is 619. The molecule has 1 saturated heterocycles. The second-order valence-corrected chi connectivity index (χ2v) is 6.44. The van der Waals surface area contributed by atoms with Gasteiger partial charge in [-0.3, -0.25) is 4.79 Å². The van der Waals surface area contributed by atoms with Gasteiger partial charge in [0.1, 0.15) is 5.69 Å². The number of nitrogens with one attached hydrogen (secondary N) is 1. The van der Waals surface area contributed by atoms with Gasteiger partial charge in [0.2, 0.25) is 0 Å². The second-order valence-electron chi connectivity index (χ2n) is 5.52. The number of carbonyl (C=O) groups excluding carboxylic acids is 1. The molecule has 1 amide bonds. The molecule has 2 aromatic rings.